The Morgan fingerprint density at radius 2 is 2.00 bits per heavy atom. The van der Waals surface area contributed by atoms with Crippen molar-refractivity contribution < 1.29 is 4.74 Å². The largest absolute Gasteiger partial charge is 0.381 e. The maximum Gasteiger partial charge on any atom is 0.193 e. The van der Waals surface area contributed by atoms with Gasteiger partial charge in [0.15, 0.2) is 5.96 Å². The molecule has 0 atom stereocenters. The lowest BCUT2D eigenvalue weighted by atomic mass is 9.96. The Hall–Kier alpha value is -0.0400. The van der Waals surface area contributed by atoms with Crippen LogP contribution in [0, 0.1) is 5.92 Å². The number of halogens is 1. The second-order valence-corrected chi connectivity index (χ2v) is 5.36. The molecule has 0 saturated carbocycles. The van der Waals surface area contributed by atoms with Gasteiger partial charge in [0, 0.05) is 39.9 Å². The molecule has 0 bridgehead atoms. The quantitative estimate of drug-likeness (QED) is 0.311. The van der Waals surface area contributed by atoms with E-state index < -0.39 is 0 Å². The number of nitrogens with one attached hydrogen (secondary N) is 1. The molecule has 1 aliphatic heterocycles. The molecule has 1 saturated heterocycles. The van der Waals surface area contributed by atoms with E-state index in [0.29, 0.717) is 0 Å². The number of nitrogens with zero attached hydrogens (tertiary/aromatic N) is 2. The summed E-state index contributed by atoms with van der Waals surface area (Å²) in [5.41, 5.74) is 0. The molecule has 1 fully saturated rings. The average Bonchev–Trinajstić information content (AvgIpc) is 2.45. The van der Waals surface area contributed by atoms with Gasteiger partial charge in [-0.05, 0) is 38.5 Å². The van der Waals surface area contributed by atoms with Crippen LogP contribution < -0.4 is 5.32 Å². The molecule has 0 aromatic heterocycles. The van der Waals surface area contributed by atoms with E-state index in [2.05, 4.69) is 36.1 Å². The van der Waals surface area contributed by atoms with Crippen molar-refractivity contribution in [2.75, 3.05) is 39.9 Å². The Labute approximate surface area is 141 Å². The van der Waals surface area contributed by atoms with Crippen molar-refractivity contribution in [1.82, 2.24) is 10.2 Å². The third-order valence-electron chi connectivity index (χ3n) is 3.68. The first-order valence-electron chi connectivity index (χ1n) is 7.85. The van der Waals surface area contributed by atoms with Gasteiger partial charge in [-0.25, -0.2) is 0 Å². The Balaban J connectivity index is 0.00000361. The van der Waals surface area contributed by atoms with Crippen molar-refractivity contribution in [3.63, 3.8) is 0 Å². The first-order valence-corrected chi connectivity index (χ1v) is 7.85. The van der Waals surface area contributed by atoms with Crippen molar-refractivity contribution >= 4 is 29.9 Å². The van der Waals surface area contributed by atoms with Gasteiger partial charge in [-0.3, -0.25) is 4.99 Å². The van der Waals surface area contributed by atoms with E-state index in [1.807, 2.05) is 0 Å². The maximum absolute atomic E-state index is 5.41. The highest BCUT2D eigenvalue weighted by molar-refractivity contribution is 14.0. The van der Waals surface area contributed by atoms with Gasteiger partial charge in [-0.15, -0.1) is 24.0 Å². The van der Waals surface area contributed by atoms with Crippen molar-refractivity contribution in [3.8, 4) is 0 Å². The number of aliphatic imine (C=N–C) groups is 1. The summed E-state index contributed by atoms with van der Waals surface area (Å²) in [6.45, 7) is 9.17. The summed E-state index contributed by atoms with van der Waals surface area (Å²) < 4.78 is 5.41. The molecule has 1 rings (SSSR count). The van der Waals surface area contributed by atoms with Gasteiger partial charge in [-0.2, -0.15) is 0 Å². The molecule has 0 aromatic rings. The number of guanidine groups is 1. The highest BCUT2D eigenvalue weighted by Gasteiger charge is 2.15. The van der Waals surface area contributed by atoms with Gasteiger partial charge in [0.1, 0.15) is 0 Å². The molecule has 0 amide bonds. The molecule has 1 aliphatic rings. The molecule has 0 aliphatic carbocycles. The van der Waals surface area contributed by atoms with Crippen LogP contribution in [-0.4, -0.2) is 50.8 Å². The van der Waals surface area contributed by atoms with Crippen LogP contribution >= 0.6 is 24.0 Å². The number of unbranched alkanes of at least 4 members (excludes halogenated alkanes) is 1. The molecule has 120 valence electrons. The van der Waals surface area contributed by atoms with E-state index in [1.165, 1.54) is 32.1 Å². The summed E-state index contributed by atoms with van der Waals surface area (Å²) in [6.07, 6.45) is 6.06. The van der Waals surface area contributed by atoms with Gasteiger partial charge in [0.2, 0.25) is 0 Å². The topological polar surface area (TPSA) is 36.9 Å². The van der Waals surface area contributed by atoms with Crippen molar-refractivity contribution in [3.05, 3.63) is 0 Å². The monoisotopic (exact) mass is 397 g/mol. The predicted molar refractivity (Wildman–Crippen MR) is 97.1 cm³/mol. The first kappa shape index (κ1) is 20.0. The third-order valence-corrected chi connectivity index (χ3v) is 3.68. The third kappa shape index (κ3) is 8.29. The molecule has 0 unspecified atom stereocenters. The van der Waals surface area contributed by atoms with Crippen LogP contribution in [0.1, 0.15) is 46.0 Å². The van der Waals surface area contributed by atoms with E-state index in [0.717, 1.165) is 44.7 Å². The Morgan fingerprint density at radius 3 is 2.60 bits per heavy atom. The Morgan fingerprint density at radius 1 is 1.30 bits per heavy atom. The second-order valence-electron chi connectivity index (χ2n) is 5.36. The van der Waals surface area contributed by atoms with Crippen molar-refractivity contribution in [2.45, 2.75) is 46.0 Å². The lowest BCUT2D eigenvalue weighted by Gasteiger charge is -2.26. The molecule has 0 spiro atoms. The fraction of sp³-hybridized carbons (Fsp3) is 0.933. The van der Waals surface area contributed by atoms with Crippen LogP contribution in [-0.2, 0) is 4.74 Å². The van der Waals surface area contributed by atoms with E-state index >= 15 is 0 Å². The zero-order valence-corrected chi connectivity index (χ0v) is 15.7. The van der Waals surface area contributed by atoms with Gasteiger partial charge >= 0.3 is 0 Å². The summed E-state index contributed by atoms with van der Waals surface area (Å²) >= 11 is 0. The van der Waals surface area contributed by atoms with E-state index in [1.54, 1.807) is 0 Å². The van der Waals surface area contributed by atoms with E-state index in [9.17, 15) is 0 Å². The molecule has 5 heteroatoms. The van der Waals surface area contributed by atoms with Crippen molar-refractivity contribution in [2.24, 2.45) is 10.9 Å². The summed E-state index contributed by atoms with van der Waals surface area (Å²) in [5.74, 6) is 1.89. The smallest absolute Gasteiger partial charge is 0.193 e. The highest BCUT2D eigenvalue weighted by atomic mass is 127. The fourth-order valence-electron chi connectivity index (χ4n) is 2.33. The van der Waals surface area contributed by atoms with Gasteiger partial charge < -0.3 is 15.0 Å². The lowest BCUT2D eigenvalue weighted by Crippen LogP contribution is -2.40. The van der Waals surface area contributed by atoms with E-state index in [-0.39, 0.29) is 24.0 Å². The maximum atomic E-state index is 5.41. The van der Waals surface area contributed by atoms with Gasteiger partial charge in [-0.1, -0.05) is 13.3 Å². The molecule has 4 nitrogen and oxygen atoms in total. The minimum absolute atomic E-state index is 0. The van der Waals surface area contributed by atoms with Crippen molar-refractivity contribution in [1.29, 1.82) is 0 Å². The minimum Gasteiger partial charge on any atom is -0.381 e. The zero-order chi connectivity index (χ0) is 13.9. The molecule has 20 heavy (non-hydrogen) atoms. The average molecular weight is 397 g/mol. The Bertz CT molecular complexity index is 256. The standard InChI is InChI=1S/C15H31N3O.HI/c1-4-6-10-17-15(16-5-2)18(3)11-7-14-8-12-19-13-9-14;/h14H,4-13H2,1-3H3,(H,16,17);1H. The van der Waals surface area contributed by atoms with Crippen LogP contribution in [0.3, 0.4) is 0 Å². The van der Waals surface area contributed by atoms with Gasteiger partial charge in [0.05, 0.1) is 0 Å². The summed E-state index contributed by atoms with van der Waals surface area (Å²) in [6, 6.07) is 0. The predicted octanol–water partition coefficient (Wildman–Crippen LogP) is 3.12. The summed E-state index contributed by atoms with van der Waals surface area (Å²) in [7, 11) is 2.15. The highest BCUT2D eigenvalue weighted by Crippen LogP contribution is 2.18. The Kier molecular flexibility index (Phi) is 12.7. The summed E-state index contributed by atoms with van der Waals surface area (Å²) in [5, 5.41) is 3.38. The van der Waals surface area contributed by atoms with E-state index in [4.69, 9.17) is 4.74 Å². The fourth-order valence-corrected chi connectivity index (χ4v) is 2.33. The summed E-state index contributed by atoms with van der Waals surface area (Å²) in [4.78, 5) is 6.95. The molecular weight excluding hydrogens is 365 g/mol. The lowest BCUT2D eigenvalue weighted by molar-refractivity contribution is 0.0625. The minimum atomic E-state index is 0. The molecule has 0 aromatic carbocycles. The van der Waals surface area contributed by atoms with Crippen LogP contribution in [0.2, 0.25) is 0 Å². The van der Waals surface area contributed by atoms with Crippen LogP contribution in [0.4, 0.5) is 0 Å². The van der Waals surface area contributed by atoms with Crippen LogP contribution in [0.25, 0.3) is 0 Å². The first-order chi connectivity index (χ1) is 9.27. The molecule has 1 N–H and O–H groups in total. The second kappa shape index (κ2) is 12.7. The number of hydrogen-bond acceptors (Lipinski definition) is 2. The molecular formula is C15H32IN3O. The van der Waals surface area contributed by atoms with Gasteiger partial charge in [0.25, 0.3) is 0 Å². The number of rotatable bonds is 7. The molecule has 0 radical (unpaired) electrons. The number of ether oxygens (including phenoxy) is 1. The zero-order valence-electron chi connectivity index (χ0n) is 13.4. The molecule has 1 heterocycles. The SMILES string of the molecule is CCCCN=C(NCC)N(C)CCC1CCOCC1.I. The van der Waals surface area contributed by atoms with Crippen LogP contribution in [0.5, 0.6) is 0 Å². The normalized spacial score (nSPS) is 16.6. The van der Waals surface area contributed by atoms with Crippen LogP contribution in [0.15, 0.2) is 4.99 Å². The number of hydrogen-bond donors (Lipinski definition) is 1.